The number of cyclic esters (lactones) is 1. The molecule has 11 heteroatoms. The summed E-state index contributed by atoms with van der Waals surface area (Å²) in [6.45, 7) is 2.04. The monoisotopic (exact) mass is 481 g/mol. The summed E-state index contributed by atoms with van der Waals surface area (Å²) in [7, 11) is -3.32. The van der Waals surface area contributed by atoms with Crippen LogP contribution in [-0.4, -0.2) is 53.5 Å². The number of H-pyrrole nitrogens is 1. The molecule has 1 aliphatic heterocycles. The Labute approximate surface area is 196 Å². The fourth-order valence-corrected chi connectivity index (χ4v) is 4.04. The number of rotatable bonds is 7. The van der Waals surface area contributed by atoms with E-state index in [2.05, 4.69) is 20.4 Å². The van der Waals surface area contributed by atoms with Crippen LogP contribution in [0.25, 0.3) is 0 Å². The Morgan fingerprint density at radius 3 is 2.44 bits per heavy atom. The molecule has 1 atom stereocenters. The lowest BCUT2D eigenvalue weighted by Gasteiger charge is -2.29. The van der Waals surface area contributed by atoms with E-state index in [-0.39, 0.29) is 17.3 Å². The molecular formula is C23H23N5O5S. The summed E-state index contributed by atoms with van der Waals surface area (Å²) in [5.74, 6) is -0.313. The average Bonchev–Trinajstić information content (AvgIpc) is 3.36. The van der Waals surface area contributed by atoms with Crippen LogP contribution in [0.15, 0.2) is 71.1 Å². The number of anilines is 1. The first-order valence-electron chi connectivity index (χ1n) is 10.5. The highest BCUT2D eigenvalue weighted by Gasteiger charge is 2.30. The quantitative estimate of drug-likeness (QED) is 0.532. The van der Waals surface area contributed by atoms with E-state index in [4.69, 9.17) is 4.74 Å². The second-order valence-electron chi connectivity index (χ2n) is 7.74. The number of imidazole rings is 1. The van der Waals surface area contributed by atoms with Crippen LogP contribution in [0.3, 0.4) is 0 Å². The molecule has 0 radical (unpaired) electrons. The molecule has 2 aromatic carbocycles. The number of aromatic amines is 1. The fraction of sp³-hybridized carbons (Fsp3) is 0.217. The van der Waals surface area contributed by atoms with E-state index in [1.165, 1.54) is 29.7 Å². The molecule has 2 heterocycles. The molecule has 2 amide bonds. The van der Waals surface area contributed by atoms with Gasteiger partial charge in [0.15, 0.2) is 9.84 Å². The lowest BCUT2D eigenvalue weighted by Crippen LogP contribution is -2.41. The number of hydrogen-bond acceptors (Lipinski definition) is 7. The first kappa shape index (κ1) is 23.2. The standard InChI is InChI=1S/C23H23N5O5S/c1-3-20-21(16-6-10-18(11-7-16)34(2,31)32)27-28(23(30)33-20)13-15-4-8-17(9-5-15)26-22(29)19-12-24-14-25-19/h4-12,14,20H,3,13H2,1-2H3,(H,24,25)(H,26,29). The minimum absolute atomic E-state index is 0.162. The van der Waals surface area contributed by atoms with E-state index in [9.17, 15) is 18.0 Å². The number of amides is 2. The van der Waals surface area contributed by atoms with E-state index >= 15 is 0 Å². The normalized spacial score (nSPS) is 16.1. The van der Waals surface area contributed by atoms with Crippen molar-refractivity contribution in [1.29, 1.82) is 0 Å². The molecule has 0 fully saturated rings. The van der Waals surface area contributed by atoms with Gasteiger partial charge in [-0.25, -0.2) is 18.2 Å². The van der Waals surface area contributed by atoms with Crippen LogP contribution in [0.4, 0.5) is 10.5 Å². The second-order valence-corrected chi connectivity index (χ2v) is 9.75. The number of hydrazone groups is 1. The molecule has 0 aliphatic carbocycles. The first-order valence-corrected chi connectivity index (χ1v) is 12.4. The Kier molecular flexibility index (Phi) is 6.46. The Hall–Kier alpha value is -3.99. The lowest BCUT2D eigenvalue weighted by molar-refractivity contribution is 0.0712. The molecule has 0 spiro atoms. The number of ether oxygens (including phenoxy) is 1. The summed E-state index contributed by atoms with van der Waals surface area (Å²) in [6, 6.07) is 13.3. The zero-order valence-electron chi connectivity index (χ0n) is 18.6. The van der Waals surface area contributed by atoms with Gasteiger partial charge in [0, 0.05) is 17.5 Å². The summed E-state index contributed by atoms with van der Waals surface area (Å²) >= 11 is 0. The highest BCUT2D eigenvalue weighted by Crippen LogP contribution is 2.22. The van der Waals surface area contributed by atoms with Crippen LogP contribution in [0.2, 0.25) is 0 Å². The van der Waals surface area contributed by atoms with Gasteiger partial charge in [0.25, 0.3) is 5.91 Å². The van der Waals surface area contributed by atoms with E-state index < -0.39 is 22.0 Å². The minimum atomic E-state index is -3.32. The van der Waals surface area contributed by atoms with Gasteiger partial charge in [-0.1, -0.05) is 31.2 Å². The number of nitrogens with one attached hydrogen (secondary N) is 2. The SMILES string of the molecule is CCC1OC(=O)N(Cc2ccc(NC(=O)c3cnc[nH]3)cc2)N=C1c1ccc(S(C)(=O)=O)cc1. The van der Waals surface area contributed by atoms with Crippen molar-refractivity contribution in [2.75, 3.05) is 11.6 Å². The van der Waals surface area contributed by atoms with Gasteiger partial charge in [-0.3, -0.25) is 4.79 Å². The van der Waals surface area contributed by atoms with Gasteiger partial charge in [0.1, 0.15) is 17.5 Å². The summed E-state index contributed by atoms with van der Waals surface area (Å²) in [6.07, 6.45) is 3.42. The van der Waals surface area contributed by atoms with Gasteiger partial charge in [0.2, 0.25) is 0 Å². The van der Waals surface area contributed by atoms with E-state index in [1.807, 2.05) is 6.92 Å². The number of nitrogens with zero attached hydrogens (tertiary/aromatic N) is 3. The largest absolute Gasteiger partial charge is 0.438 e. The molecule has 2 N–H and O–H groups in total. The molecule has 1 aliphatic rings. The molecule has 1 unspecified atom stereocenters. The number of hydrogen-bond donors (Lipinski definition) is 2. The van der Waals surface area contributed by atoms with Crippen LogP contribution in [0.1, 0.15) is 35.0 Å². The molecule has 0 saturated heterocycles. The summed E-state index contributed by atoms with van der Waals surface area (Å²) in [4.78, 5) is 31.4. The summed E-state index contributed by atoms with van der Waals surface area (Å²) in [5, 5.41) is 8.50. The van der Waals surface area contributed by atoms with Gasteiger partial charge in [-0.05, 0) is 36.2 Å². The molecule has 4 rings (SSSR count). The van der Waals surface area contributed by atoms with Crippen LogP contribution in [-0.2, 0) is 21.1 Å². The van der Waals surface area contributed by atoms with Crippen molar-refractivity contribution in [3.05, 3.63) is 77.9 Å². The molecule has 0 bridgehead atoms. The number of aromatic nitrogens is 2. The predicted molar refractivity (Wildman–Crippen MR) is 125 cm³/mol. The van der Waals surface area contributed by atoms with Gasteiger partial charge in [-0.2, -0.15) is 10.1 Å². The minimum Gasteiger partial charge on any atom is -0.438 e. The summed E-state index contributed by atoms with van der Waals surface area (Å²) in [5.41, 5.74) is 2.93. The van der Waals surface area contributed by atoms with Gasteiger partial charge in [-0.15, -0.1) is 0 Å². The van der Waals surface area contributed by atoms with Gasteiger partial charge < -0.3 is 15.0 Å². The van der Waals surface area contributed by atoms with Crippen molar-refractivity contribution in [3.8, 4) is 0 Å². The van der Waals surface area contributed by atoms with Crippen LogP contribution >= 0.6 is 0 Å². The molecule has 176 valence electrons. The Bertz CT molecular complexity index is 1320. The maximum Gasteiger partial charge on any atom is 0.431 e. The zero-order valence-corrected chi connectivity index (χ0v) is 19.4. The van der Waals surface area contributed by atoms with E-state index in [0.29, 0.717) is 29.1 Å². The Morgan fingerprint density at radius 2 is 1.85 bits per heavy atom. The maximum absolute atomic E-state index is 12.5. The second kappa shape index (κ2) is 9.48. The van der Waals surface area contributed by atoms with Gasteiger partial charge in [0.05, 0.1) is 24.0 Å². The molecule has 1 aromatic heterocycles. The Morgan fingerprint density at radius 1 is 1.15 bits per heavy atom. The van der Waals surface area contributed by atoms with Crippen molar-refractivity contribution in [3.63, 3.8) is 0 Å². The van der Waals surface area contributed by atoms with Crippen LogP contribution in [0, 0.1) is 0 Å². The van der Waals surface area contributed by atoms with Crippen molar-refractivity contribution >= 4 is 33.2 Å². The molecular weight excluding hydrogens is 458 g/mol. The van der Waals surface area contributed by atoms with Gasteiger partial charge >= 0.3 is 6.09 Å². The van der Waals surface area contributed by atoms with E-state index in [0.717, 1.165) is 11.8 Å². The zero-order chi connectivity index (χ0) is 24.3. The third kappa shape index (κ3) is 5.15. The highest BCUT2D eigenvalue weighted by atomic mass is 32.2. The van der Waals surface area contributed by atoms with Crippen LogP contribution in [0.5, 0.6) is 0 Å². The highest BCUT2D eigenvalue weighted by molar-refractivity contribution is 7.90. The van der Waals surface area contributed by atoms with Crippen molar-refractivity contribution in [2.24, 2.45) is 5.10 Å². The molecule has 34 heavy (non-hydrogen) atoms. The van der Waals surface area contributed by atoms with Crippen molar-refractivity contribution < 1.29 is 22.7 Å². The van der Waals surface area contributed by atoms with Crippen molar-refractivity contribution in [2.45, 2.75) is 30.9 Å². The van der Waals surface area contributed by atoms with E-state index in [1.54, 1.807) is 36.4 Å². The number of carbonyl (C=O) groups is 2. The molecule has 3 aromatic rings. The Balaban J connectivity index is 1.51. The fourth-order valence-electron chi connectivity index (χ4n) is 3.41. The van der Waals surface area contributed by atoms with Crippen molar-refractivity contribution in [1.82, 2.24) is 15.0 Å². The predicted octanol–water partition coefficient (Wildman–Crippen LogP) is 3.20. The maximum atomic E-state index is 12.5. The number of benzene rings is 2. The van der Waals surface area contributed by atoms with Crippen LogP contribution < -0.4 is 5.32 Å². The third-order valence-corrected chi connectivity index (χ3v) is 6.35. The molecule has 0 saturated carbocycles. The number of carbonyl (C=O) groups excluding carboxylic acids is 2. The molecule has 10 nitrogen and oxygen atoms in total. The first-order chi connectivity index (χ1) is 16.2. The average molecular weight is 482 g/mol. The smallest absolute Gasteiger partial charge is 0.431 e. The topological polar surface area (TPSA) is 134 Å². The summed E-state index contributed by atoms with van der Waals surface area (Å²) < 4.78 is 29.1. The lowest BCUT2D eigenvalue weighted by atomic mass is 10.0. The number of sulfone groups is 1. The third-order valence-electron chi connectivity index (χ3n) is 5.22.